The second kappa shape index (κ2) is 10.0. The standard InChI is InChI=1S/C29H29N5OS/c1-18-14-15-19(2)23(16-18)17-36-29-32-28-30-21(4)25(27(35)31-24-13-9-8-10-20(24)3)26(34(28)33-29)22-11-6-5-7-12-22/h5-16,26H,17H2,1-4H3,(H,31,35)(H,30,32,33)/t26-/m1/s1. The third kappa shape index (κ3) is 4.79. The van der Waals surface area contributed by atoms with E-state index in [1.54, 1.807) is 11.8 Å². The summed E-state index contributed by atoms with van der Waals surface area (Å²) in [5.74, 6) is 1.26. The molecule has 2 heterocycles. The second-order valence-corrected chi connectivity index (χ2v) is 10.1. The number of hydrogen-bond acceptors (Lipinski definition) is 5. The van der Waals surface area contributed by atoms with Crippen LogP contribution >= 0.6 is 11.8 Å². The molecule has 182 valence electrons. The number of rotatable bonds is 6. The van der Waals surface area contributed by atoms with E-state index in [4.69, 9.17) is 10.1 Å². The SMILES string of the molecule is CC1=C(C(=O)Nc2ccccc2C)[C@@H](c2ccccc2)n2nc(SCc3cc(C)ccc3C)nc2N1. The number of carbonyl (C=O) groups excluding carboxylic acids is 1. The van der Waals surface area contributed by atoms with Crippen LogP contribution in [0.3, 0.4) is 0 Å². The fraction of sp³-hybridized carbons (Fsp3) is 0.207. The highest BCUT2D eigenvalue weighted by atomic mass is 32.2. The summed E-state index contributed by atoms with van der Waals surface area (Å²) < 4.78 is 1.83. The number of aromatic nitrogens is 3. The lowest BCUT2D eigenvalue weighted by Crippen LogP contribution is -2.31. The third-order valence-corrected chi connectivity index (χ3v) is 7.33. The van der Waals surface area contributed by atoms with Gasteiger partial charge in [0.05, 0.1) is 5.57 Å². The van der Waals surface area contributed by atoms with Crippen molar-refractivity contribution >= 4 is 29.3 Å². The zero-order valence-corrected chi connectivity index (χ0v) is 21.7. The van der Waals surface area contributed by atoms with Gasteiger partial charge >= 0.3 is 0 Å². The van der Waals surface area contributed by atoms with Crippen LogP contribution in [0.1, 0.15) is 40.8 Å². The van der Waals surface area contributed by atoms with Crippen LogP contribution in [-0.2, 0) is 10.5 Å². The maximum absolute atomic E-state index is 13.6. The lowest BCUT2D eigenvalue weighted by molar-refractivity contribution is -0.113. The van der Waals surface area contributed by atoms with E-state index < -0.39 is 6.04 Å². The molecule has 1 aromatic heterocycles. The van der Waals surface area contributed by atoms with Gasteiger partial charge in [-0.25, -0.2) is 4.68 Å². The molecule has 3 aromatic carbocycles. The molecule has 0 bridgehead atoms. The first-order valence-electron chi connectivity index (χ1n) is 12.0. The van der Waals surface area contributed by atoms with Gasteiger partial charge in [-0.1, -0.05) is 84.1 Å². The van der Waals surface area contributed by atoms with Crippen LogP contribution in [0.25, 0.3) is 0 Å². The van der Waals surface area contributed by atoms with Crippen LogP contribution in [0.2, 0.25) is 0 Å². The highest BCUT2D eigenvalue weighted by Gasteiger charge is 2.34. The second-order valence-electron chi connectivity index (χ2n) is 9.13. The molecule has 0 aliphatic carbocycles. The molecule has 0 saturated carbocycles. The largest absolute Gasteiger partial charge is 0.328 e. The molecule has 0 radical (unpaired) electrons. The average molecular weight is 496 g/mol. The van der Waals surface area contributed by atoms with Crippen LogP contribution in [0, 0.1) is 20.8 Å². The van der Waals surface area contributed by atoms with Gasteiger partial charge in [0.2, 0.25) is 11.1 Å². The number of carbonyl (C=O) groups is 1. The van der Waals surface area contributed by atoms with Crippen molar-refractivity contribution in [2.75, 3.05) is 10.6 Å². The van der Waals surface area contributed by atoms with Gasteiger partial charge in [-0.15, -0.1) is 5.10 Å². The fourth-order valence-corrected chi connectivity index (χ4v) is 5.32. The Morgan fingerprint density at radius 1 is 0.972 bits per heavy atom. The maximum Gasteiger partial charge on any atom is 0.255 e. The molecular formula is C29H29N5OS. The summed E-state index contributed by atoms with van der Waals surface area (Å²) in [6.45, 7) is 8.14. The first-order chi connectivity index (χ1) is 17.4. The van der Waals surface area contributed by atoms with Crippen LogP contribution in [0.5, 0.6) is 0 Å². The number of anilines is 2. The Morgan fingerprint density at radius 2 is 1.72 bits per heavy atom. The molecule has 0 fully saturated rings. The Bertz CT molecular complexity index is 1460. The van der Waals surface area contributed by atoms with E-state index in [-0.39, 0.29) is 5.91 Å². The van der Waals surface area contributed by atoms with Crippen molar-refractivity contribution in [3.63, 3.8) is 0 Å². The van der Waals surface area contributed by atoms with E-state index >= 15 is 0 Å². The Morgan fingerprint density at radius 3 is 2.50 bits per heavy atom. The Labute approximate surface area is 215 Å². The highest BCUT2D eigenvalue weighted by molar-refractivity contribution is 7.98. The summed E-state index contributed by atoms with van der Waals surface area (Å²) in [6.07, 6.45) is 0. The first-order valence-corrected chi connectivity index (χ1v) is 12.9. The topological polar surface area (TPSA) is 71.8 Å². The summed E-state index contributed by atoms with van der Waals surface area (Å²) in [4.78, 5) is 18.4. The van der Waals surface area contributed by atoms with Gasteiger partial charge in [0.15, 0.2) is 0 Å². The van der Waals surface area contributed by atoms with Gasteiger partial charge in [0, 0.05) is 17.1 Å². The molecule has 7 heteroatoms. The average Bonchev–Trinajstić information content (AvgIpc) is 3.28. The molecule has 1 aliphatic heterocycles. The van der Waals surface area contributed by atoms with E-state index in [0.29, 0.717) is 16.7 Å². The number of allylic oxidation sites excluding steroid dienone is 1. The third-order valence-electron chi connectivity index (χ3n) is 6.45. The molecule has 5 rings (SSSR count). The summed E-state index contributed by atoms with van der Waals surface area (Å²) in [5.41, 5.74) is 7.93. The molecular weight excluding hydrogens is 466 g/mol. The molecule has 4 aromatic rings. The van der Waals surface area contributed by atoms with Crippen molar-refractivity contribution in [1.29, 1.82) is 0 Å². The number of thioether (sulfide) groups is 1. The number of hydrogen-bond donors (Lipinski definition) is 2. The molecule has 6 nitrogen and oxygen atoms in total. The molecule has 2 N–H and O–H groups in total. The lowest BCUT2D eigenvalue weighted by atomic mass is 9.95. The van der Waals surface area contributed by atoms with Crippen molar-refractivity contribution < 1.29 is 4.79 Å². The molecule has 36 heavy (non-hydrogen) atoms. The van der Waals surface area contributed by atoms with Crippen LogP contribution < -0.4 is 10.6 Å². The van der Waals surface area contributed by atoms with Crippen molar-refractivity contribution in [1.82, 2.24) is 14.8 Å². The van der Waals surface area contributed by atoms with E-state index in [9.17, 15) is 4.79 Å². The number of fused-ring (bicyclic) bond motifs is 1. The van der Waals surface area contributed by atoms with E-state index in [2.05, 4.69) is 42.7 Å². The van der Waals surface area contributed by atoms with Gasteiger partial charge in [-0.05, 0) is 56.0 Å². The zero-order valence-electron chi connectivity index (χ0n) is 20.9. The van der Waals surface area contributed by atoms with E-state index in [0.717, 1.165) is 28.3 Å². The number of nitrogens with zero attached hydrogens (tertiary/aromatic N) is 3. The van der Waals surface area contributed by atoms with Crippen LogP contribution in [0.4, 0.5) is 11.6 Å². The highest BCUT2D eigenvalue weighted by Crippen LogP contribution is 2.37. The van der Waals surface area contributed by atoms with Crippen molar-refractivity contribution in [3.8, 4) is 0 Å². The molecule has 0 spiro atoms. The first kappa shape index (κ1) is 23.9. The van der Waals surface area contributed by atoms with E-state index in [1.807, 2.05) is 73.1 Å². The minimum absolute atomic E-state index is 0.158. The minimum Gasteiger partial charge on any atom is -0.328 e. The zero-order chi connectivity index (χ0) is 25.2. The molecule has 0 saturated heterocycles. The van der Waals surface area contributed by atoms with E-state index in [1.165, 1.54) is 16.7 Å². The molecule has 0 unspecified atom stereocenters. The monoisotopic (exact) mass is 495 g/mol. The molecule has 1 amide bonds. The van der Waals surface area contributed by atoms with Gasteiger partial charge in [-0.3, -0.25) is 4.79 Å². The van der Waals surface area contributed by atoms with Crippen molar-refractivity contribution in [3.05, 3.63) is 112 Å². The Hall–Kier alpha value is -3.84. The maximum atomic E-state index is 13.6. The number of amides is 1. The van der Waals surface area contributed by atoms with Crippen LogP contribution in [-0.4, -0.2) is 20.7 Å². The quantitative estimate of drug-likeness (QED) is 0.302. The Balaban J connectivity index is 1.48. The van der Waals surface area contributed by atoms with Gasteiger partial charge in [0.1, 0.15) is 6.04 Å². The summed E-state index contributed by atoms with van der Waals surface area (Å²) in [5, 5.41) is 12.0. The number of nitrogens with one attached hydrogen (secondary N) is 2. The van der Waals surface area contributed by atoms with Gasteiger partial charge in [0.25, 0.3) is 5.91 Å². The molecule has 1 aliphatic rings. The predicted molar refractivity (Wildman–Crippen MR) is 146 cm³/mol. The Kier molecular flexibility index (Phi) is 6.65. The number of para-hydroxylation sites is 1. The van der Waals surface area contributed by atoms with Gasteiger partial charge < -0.3 is 10.6 Å². The van der Waals surface area contributed by atoms with Gasteiger partial charge in [-0.2, -0.15) is 4.98 Å². The predicted octanol–water partition coefficient (Wildman–Crippen LogP) is 6.42. The summed E-state index contributed by atoms with van der Waals surface area (Å²) in [6, 6.07) is 23.9. The summed E-state index contributed by atoms with van der Waals surface area (Å²) in [7, 11) is 0. The summed E-state index contributed by atoms with van der Waals surface area (Å²) >= 11 is 1.60. The fourth-order valence-electron chi connectivity index (χ4n) is 4.43. The number of aryl methyl sites for hydroxylation is 3. The van der Waals surface area contributed by atoms with Crippen LogP contribution in [0.15, 0.2) is 89.2 Å². The molecule has 1 atom stereocenters. The van der Waals surface area contributed by atoms with Crippen molar-refractivity contribution in [2.45, 2.75) is 44.6 Å². The lowest BCUT2D eigenvalue weighted by Gasteiger charge is -2.28. The number of benzene rings is 3. The van der Waals surface area contributed by atoms with Crippen molar-refractivity contribution in [2.24, 2.45) is 0 Å². The normalized spacial score (nSPS) is 14.8. The minimum atomic E-state index is -0.394. The smallest absolute Gasteiger partial charge is 0.255 e.